The van der Waals surface area contributed by atoms with Crippen LogP contribution >= 0.6 is 0 Å². The van der Waals surface area contributed by atoms with Gasteiger partial charge in [0.2, 0.25) is 0 Å². The van der Waals surface area contributed by atoms with E-state index in [-0.39, 0.29) is 17.9 Å². The highest BCUT2D eigenvalue weighted by molar-refractivity contribution is 5.50. The van der Waals surface area contributed by atoms with Crippen molar-refractivity contribution in [3.63, 3.8) is 0 Å². The minimum absolute atomic E-state index is 0. The smallest absolute Gasteiger partial charge is 0.284 e. The fourth-order valence-corrected chi connectivity index (χ4v) is 1.06. The molecule has 0 unspecified atom stereocenters. The zero-order chi connectivity index (χ0) is 7.52. The van der Waals surface area contributed by atoms with Crippen molar-refractivity contribution in [1.29, 1.82) is 0 Å². The standard InChI is InChI=1S/C9H8N2.ClH.H2O/c1-2-4-8(5-3-1)9-10-6-7-11-9;;/h1-7H,(H,10,11);1H;1H2. The first-order chi connectivity index (χ1) is 5.47. The predicted octanol–water partition coefficient (Wildman–Crippen LogP) is -2.32. The summed E-state index contributed by atoms with van der Waals surface area (Å²) in [4.78, 5) is 6.20. The molecule has 2 aromatic rings. The molecule has 0 radical (unpaired) electrons. The summed E-state index contributed by atoms with van der Waals surface area (Å²) in [5.41, 5.74) is 1.18. The summed E-state index contributed by atoms with van der Waals surface area (Å²) in [7, 11) is 0. The number of nitrogens with one attached hydrogen (secondary N) is 2. The van der Waals surface area contributed by atoms with E-state index in [1.165, 1.54) is 5.56 Å². The van der Waals surface area contributed by atoms with Gasteiger partial charge in [0.15, 0.2) is 0 Å². The average Bonchev–Trinajstić information content (AvgIpc) is 2.58. The Morgan fingerprint density at radius 2 is 1.77 bits per heavy atom. The topological polar surface area (TPSA) is 61.4 Å². The first-order valence-corrected chi connectivity index (χ1v) is 3.57. The maximum atomic E-state index is 3.10. The van der Waals surface area contributed by atoms with E-state index in [1.807, 2.05) is 30.6 Å². The summed E-state index contributed by atoms with van der Waals surface area (Å²) in [5, 5.41) is 0. The second-order valence-electron chi connectivity index (χ2n) is 2.36. The summed E-state index contributed by atoms with van der Waals surface area (Å²) >= 11 is 0. The molecule has 0 amide bonds. The number of aromatic amines is 2. The minimum Gasteiger partial charge on any atom is -1.00 e. The SMILES string of the molecule is O.[Cl-].c1ccc(-c2[nH]cc[nH+]2)cc1. The molecule has 4 N–H and O–H groups in total. The van der Waals surface area contributed by atoms with Crippen molar-refractivity contribution in [3.8, 4) is 11.4 Å². The van der Waals surface area contributed by atoms with Gasteiger partial charge in [-0.25, -0.2) is 9.97 Å². The van der Waals surface area contributed by atoms with Crippen LogP contribution < -0.4 is 17.4 Å². The third kappa shape index (κ3) is 2.57. The van der Waals surface area contributed by atoms with Crippen molar-refractivity contribution >= 4 is 0 Å². The van der Waals surface area contributed by atoms with E-state index in [0.717, 1.165) is 5.82 Å². The predicted molar refractivity (Wildman–Crippen MR) is 46.4 cm³/mol. The van der Waals surface area contributed by atoms with E-state index < -0.39 is 0 Å². The Morgan fingerprint density at radius 1 is 1.08 bits per heavy atom. The molecule has 1 aromatic carbocycles. The lowest BCUT2D eigenvalue weighted by molar-refractivity contribution is -0.362. The van der Waals surface area contributed by atoms with Gasteiger partial charge in [-0.05, 0) is 12.1 Å². The molecule has 0 bridgehead atoms. The van der Waals surface area contributed by atoms with Crippen molar-refractivity contribution in [2.45, 2.75) is 0 Å². The van der Waals surface area contributed by atoms with Gasteiger partial charge >= 0.3 is 0 Å². The Hall–Kier alpha value is -1.32. The van der Waals surface area contributed by atoms with Crippen LogP contribution in [0.4, 0.5) is 0 Å². The van der Waals surface area contributed by atoms with Crippen LogP contribution in [0.15, 0.2) is 42.7 Å². The normalized spacial score (nSPS) is 8.31. The highest BCUT2D eigenvalue weighted by Gasteiger charge is 2.01. The van der Waals surface area contributed by atoms with Crippen molar-refractivity contribution in [2.24, 2.45) is 0 Å². The second-order valence-corrected chi connectivity index (χ2v) is 2.36. The van der Waals surface area contributed by atoms with Crippen LogP contribution in [0.1, 0.15) is 0 Å². The maximum Gasteiger partial charge on any atom is 0.284 e. The first kappa shape index (κ1) is 11.7. The molecule has 2 rings (SSSR count). The van der Waals surface area contributed by atoms with Gasteiger partial charge < -0.3 is 17.9 Å². The molecule has 70 valence electrons. The molecule has 0 saturated carbocycles. The van der Waals surface area contributed by atoms with Gasteiger partial charge in [-0.2, -0.15) is 0 Å². The lowest BCUT2D eigenvalue weighted by Crippen LogP contribution is -3.00. The molecule has 0 saturated heterocycles. The van der Waals surface area contributed by atoms with Gasteiger partial charge in [0.25, 0.3) is 5.82 Å². The molecule has 0 spiro atoms. The lowest BCUT2D eigenvalue weighted by atomic mass is 10.2. The van der Waals surface area contributed by atoms with Crippen LogP contribution in [0.2, 0.25) is 0 Å². The van der Waals surface area contributed by atoms with Gasteiger partial charge in [-0.1, -0.05) is 18.2 Å². The molecule has 13 heavy (non-hydrogen) atoms. The molecule has 3 nitrogen and oxygen atoms in total. The number of benzene rings is 1. The van der Waals surface area contributed by atoms with Crippen LogP contribution in [-0.2, 0) is 0 Å². The zero-order valence-electron chi connectivity index (χ0n) is 6.92. The summed E-state index contributed by atoms with van der Waals surface area (Å²) in [6.07, 6.45) is 3.75. The number of H-pyrrole nitrogens is 2. The van der Waals surface area contributed by atoms with Gasteiger partial charge in [0, 0.05) is 0 Å². The van der Waals surface area contributed by atoms with Gasteiger partial charge in [0.1, 0.15) is 12.4 Å². The number of imidazole rings is 1. The molecule has 4 heteroatoms. The molecule has 0 fully saturated rings. The summed E-state index contributed by atoms with van der Waals surface area (Å²) in [6.45, 7) is 0. The molecule has 0 aliphatic heterocycles. The number of halogens is 1. The van der Waals surface area contributed by atoms with Crippen LogP contribution in [0.5, 0.6) is 0 Å². The maximum absolute atomic E-state index is 3.10. The van der Waals surface area contributed by atoms with Gasteiger partial charge in [-0.3, -0.25) is 0 Å². The highest BCUT2D eigenvalue weighted by atomic mass is 35.5. The van der Waals surface area contributed by atoms with Crippen molar-refractivity contribution in [2.75, 3.05) is 0 Å². The average molecular weight is 199 g/mol. The fraction of sp³-hybridized carbons (Fsp3) is 0. The molecule has 1 heterocycles. The lowest BCUT2D eigenvalue weighted by Gasteiger charge is -1.87. The third-order valence-electron chi connectivity index (χ3n) is 1.60. The van der Waals surface area contributed by atoms with E-state index in [2.05, 4.69) is 22.1 Å². The van der Waals surface area contributed by atoms with E-state index in [0.29, 0.717) is 0 Å². The van der Waals surface area contributed by atoms with Gasteiger partial charge in [-0.15, -0.1) is 0 Å². The minimum atomic E-state index is 0. The number of aromatic nitrogens is 2. The highest BCUT2D eigenvalue weighted by Crippen LogP contribution is 2.09. The second kappa shape index (κ2) is 5.35. The van der Waals surface area contributed by atoms with E-state index in [1.54, 1.807) is 0 Å². The quantitative estimate of drug-likeness (QED) is 0.535. The van der Waals surface area contributed by atoms with Crippen LogP contribution in [0.3, 0.4) is 0 Å². The first-order valence-electron chi connectivity index (χ1n) is 3.57. The summed E-state index contributed by atoms with van der Waals surface area (Å²) in [6, 6.07) is 10.2. The Labute approximate surface area is 82.6 Å². The number of hydrogen-bond donors (Lipinski definition) is 1. The van der Waals surface area contributed by atoms with E-state index in [4.69, 9.17) is 0 Å². The van der Waals surface area contributed by atoms with Gasteiger partial charge in [0.05, 0.1) is 5.56 Å². The molecular weight excluding hydrogens is 188 g/mol. The van der Waals surface area contributed by atoms with Crippen LogP contribution in [-0.4, -0.2) is 10.5 Å². The third-order valence-corrected chi connectivity index (χ3v) is 1.60. The fourth-order valence-electron chi connectivity index (χ4n) is 1.06. The number of hydrogen-bond acceptors (Lipinski definition) is 0. The molecule has 0 aliphatic rings. The molecule has 1 aromatic heterocycles. The zero-order valence-corrected chi connectivity index (χ0v) is 7.68. The Balaban J connectivity index is 0.000000720. The van der Waals surface area contributed by atoms with Crippen molar-refractivity contribution < 1.29 is 22.9 Å². The Bertz CT molecular complexity index is 321. The molecule has 0 aliphatic carbocycles. The van der Waals surface area contributed by atoms with Crippen LogP contribution in [0.25, 0.3) is 11.4 Å². The van der Waals surface area contributed by atoms with E-state index >= 15 is 0 Å². The largest absolute Gasteiger partial charge is 1.00 e. The van der Waals surface area contributed by atoms with Crippen molar-refractivity contribution in [3.05, 3.63) is 42.7 Å². The monoisotopic (exact) mass is 198 g/mol. The van der Waals surface area contributed by atoms with Crippen LogP contribution in [0, 0.1) is 0 Å². The molecular formula is C9H11ClN2O. The summed E-state index contributed by atoms with van der Waals surface area (Å²) in [5.74, 6) is 1.05. The van der Waals surface area contributed by atoms with Crippen molar-refractivity contribution in [1.82, 2.24) is 4.98 Å². The summed E-state index contributed by atoms with van der Waals surface area (Å²) < 4.78 is 0. The Kier molecular flexibility index (Phi) is 4.80. The molecule has 0 atom stereocenters. The van der Waals surface area contributed by atoms with E-state index in [9.17, 15) is 0 Å². The number of rotatable bonds is 1. The Morgan fingerprint density at radius 3 is 2.31 bits per heavy atom.